The number of ether oxygens (including phenoxy) is 1. The summed E-state index contributed by atoms with van der Waals surface area (Å²) in [4.78, 5) is 2.50. The summed E-state index contributed by atoms with van der Waals surface area (Å²) in [7, 11) is 0. The Kier molecular flexibility index (Phi) is 5.86. The topological polar surface area (TPSA) is 24.5 Å². The zero-order valence-electron chi connectivity index (χ0n) is 13.8. The van der Waals surface area contributed by atoms with Gasteiger partial charge >= 0.3 is 6.18 Å². The second-order valence-electron chi connectivity index (χ2n) is 7.57. The molecule has 3 atom stereocenters. The quantitative estimate of drug-likeness (QED) is 0.854. The van der Waals surface area contributed by atoms with Crippen LogP contribution < -0.4 is 5.32 Å². The summed E-state index contributed by atoms with van der Waals surface area (Å²) in [5.41, 5.74) is 0. The summed E-state index contributed by atoms with van der Waals surface area (Å²) in [5, 5.41) is 3.52. The van der Waals surface area contributed by atoms with Gasteiger partial charge in [0.25, 0.3) is 0 Å². The van der Waals surface area contributed by atoms with E-state index in [1.807, 2.05) is 0 Å². The Morgan fingerprint density at radius 2 is 1.78 bits per heavy atom. The molecule has 2 aliphatic heterocycles. The van der Waals surface area contributed by atoms with Crippen molar-refractivity contribution >= 4 is 0 Å². The molecule has 1 N–H and O–H groups in total. The molecule has 6 heteroatoms. The second kappa shape index (κ2) is 7.70. The first-order valence-electron chi connectivity index (χ1n) is 9.13. The molecule has 0 aromatic rings. The molecule has 1 saturated carbocycles. The van der Waals surface area contributed by atoms with E-state index in [0.29, 0.717) is 24.8 Å². The van der Waals surface area contributed by atoms with Gasteiger partial charge in [0, 0.05) is 25.2 Å². The fourth-order valence-electron chi connectivity index (χ4n) is 4.35. The van der Waals surface area contributed by atoms with Gasteiger partial charge in [0.05, 0.1) is 12.5 Å². The van der Waals surface area contributed by atoms with Gasteiger partial charge in [-0.15, -0.1) is 0 Å². The Bertz CT molecular complexity index is 363. The van der Waals surface area contributed by atoms with Crippen LogP contribution >= 0.6 is 0 Å². The predicted octanol–water partition coefficient (Wildman–Crippen LogP) is 3.20. The molecule has 0 amide bonds. The first kappa shape index (κ1) is 17.5. The van der Waals surface area contributed by atoms with Crippen LogP contribution in [-0.4, -0.2) is 56.0 Å². The van der Waals surface area contributed by atoms with E-state index in [4.69, 9.17) is 4.74 Å². The number of rotatable bonds is 4. The maximum atomic E-state index is 12.9. The van der Waals surface area contributed by atoms with Gasteiger partial charge in [0.15, 0.2) is 0 Å². The zero-order valence-corrected chi connectivity index (χ0v) is 13.8. The van der Waals surface area contributed by atoms with Crippen molar-refractivity contribution in [2.75, 3.05) is 32.8 Å². The average Bonchev–Trinajstić information content (AvgIpc) is 3.02. The van der Waals surface area contributed by atoms with Crippen LogP contribution in [0.1, 0.15) is 44.9 Å². The normalized spacial score (nSPS) is 34.8. The largest absolute Gasteiger partial charge is 0.391 e. The molecule has 0 bridgehead atoms. The van der Waals surface area contributed by atoms with Crippen molar-refractivity contribution in [2.45, 2.75) is 63.2 Å². The summed E-state index contributed by atoms with van der Waals surface area (Å²) in [6, 6.07) is 0.443. The standard InChI is InChI=1S/C17H29F3N2O/c18-17(19,20)14-2-1-3-16(10-14)21-15-4-7-22(8-5-15)11-13-6-9-23-12-13/h13-16,21H,1-12H2/t13-,14-,16-/m1/s1. The second-order valence-corrected chi connectivity index (χ2v) is 7.57. The number of alkyl halides is 3. The summed E-state index contributed by atoms with van der Waals surface area (Å²) in [6.45, 7) is 5.02. The molecule has 3 aliphatic rings. The highest BCUT2D eigenvalue weighted by Gasteiger charge is 2.42. The Hall–Kier alpha value is -0.330. The minimum absolute atomic E-state index is 0.0511. The third-order valence-corrected chi connectivity index (χ3v) is 5.74. The summed E-state index contributed by atoms with van der Waals surface area (Å²) >= 11 is 0. The van der Waals surface area contributed by atoms with Crippen molar-refractivity contribution in [2.24, 2.45) is 11.8 Å². The maximum Gasteiger partial charge on any atom is 0.391 e. The van der Waals surface area contributed by atoms with E-state index >= 15 is 0 Å². The van der Waals surface area contributed by atoms with Gasteiger partial charge in [-0.2, -0.15) is 13.2 Å². The molecule has 3 nitrogen and oxygen atoms in total. The Morgan fingerprint density at radius 3 is 2.43 bits per heavy atom. The van der Waals surface area contributed by atoms with Crippen LogP contribution in [0.5, 0.6) is 0 Å². The average molecular weight is 334 g/mol. The van der Waals surface area contributed by atoms with Crippen molar-refractivity contribution in [3.8, 4) is 0 Å². The summed E-state index contributed by atoms with van der Waals surface area (Å²) in [5.74, 6) is -0.429. The van der Waals surface area contributed by atoms with E-state index in [0.717, 1.165) is 52.1 Å². The van der Waals surface area contributed by atoms with Gasteiger partial charge in [0.1, 0.15) is 0 Å². The lowest BCUT2D eigenvalue weighted by molar-refractivity contribution is -0.184. The van der Waals surface area contributed by atoms with Crippen LogP contribution in [0.2, 0.25) is 0 Å². The first-order valence-corrected chi connectivity index (χ1v) is 9.13. The molecule has 23 heavy (non-hydrogen) atoms. The van der Waals surface area contributed by atoms with Crippen LogP contribution in [0.25, 0.3) is 0 Å². The number of piperidine rings is 1. The predicted molar refractivity (Wildman–Crippen MR) is 83.3 cm³/mol. The van der Waals surface area contributed by atoms with Gasteiger partial charge in [-0.05, 0) is 57.5 Å². The van der Waals surface area contributed by atoms with E-state index < -0.39 is 12.1 Å². The maximum absolute atomic E-state index is 12.9. The van der Waals surface area contributed by atoms with E-state index in [1.165, 1.54) is 6.42 Å². The minimum atomic E-state index is -4.02. The van der Waals surface area contributed by atoms with Gasteiger partial charge in [-0.25, -0.2) is 0 Å². The fraction of sp³-hybridized carbons (Fsp3) is 1.00. The van der Waals surface area contributed by atoms with Crippen LogP contribution in [0.4, 0.5) is 13.2 Å². The Morgan fingerprint density at radius 1 is 1.00 bits per heavy atom. The van der Waals surface area contributed by atoms with E-state index in [1.54, 1.807) is 0 Å². The molecule has 0 spiro atoms. The number of likely N-dealkylation sites (tertiary alicyclic amines) is 1. The Labute approximate surface area is 136 Å². The van der Waals surface area contributed by atoms with Crippen LogP contribution in [0, 0.1) is 11.8 Å². The number of hydrogen-bond acceptors (Lipinski definition) is 3. The van der Waals surface area contributed by atoms with Crippen molar-refractivity contribution in [1.82, 2.24) is 10.2 Å². The van der Waals surface area contributed by atoms with Crippen LogP contribution in [0.3, 0.4) is 0 Å². The molecule has 3 rings (SSSR count). The zero-order chi connectivity index (χ0) is 16.3. The molecule has 134 valence electrons. The van der Waals surface area contributed by atoms with Crippen molar-refractivity contribution in [3.63, 3.8) is 0 Å². The molecule has 0 unspecified atom stereocenters. The molecule has 0 radical (unpaired) electrons. The molecule has 0 aromatic carbocycles. The molecule has 2 heterocycles. The SMILES string of the molecule is FC(F)(F)[C@@H]1CCC[C@@H](NC2CCN(C[C@H]3CCOC3)CC2)C1. The highest BCUT2D eigenvalue weighted by molar-refractivity contribution is 4.86. The van der Waals surface area contributed by atoms with Crippen molar-refractivity contribution < 1.29 is 17.9 Å². The Balaban J connectivity index is 1.38. The molecule has 3 fully saturated rings. The lowest BCUT2D eigenvalue weighted by Crippen LogP contribution is -2.49. The highest BCUT2D eigenvalue weighted by Crippen LogP contribution is 2.37. The number of nitrogens with zero attached hydrogens (tertiary/aromatic N) is 1. The number of hydrogen-bond donors (Lipinski definition) is 1. The molecule has 0 aromatic heterocycles. The third kappa shape index (κ3) is 5.07. The van der Waals surface area contributed by atoms with Crippen LogP contribution in [-0.2, 0) is 4.74 Å². The van der Waals surface area contributed by atoms with Gasteiger partial charge in [-0.3, -0.25) is 0 Å². The van der Waals surface area contributed by atoms with E-state index in [2.05, 4.69) is 10.2 Å². The van der Waals surface area contributed by atoms with Gasteiger partial charge < -0.3 is 15.0 Å². The third-order valence-electron chi connectivity index (χ3n) is 5.74. The van der Waals surface area contributed by atoms with E-state index in [-0.39, 0.29) is 12.5 Å². The summed E-state index contributed by atoms with van der Waals surface area (Å²) < 4.78 is 44.1. The summed E-state index contributed by atoms with van der Waals surface area (Å²) in [6.07, 6.45) is 1.43. The lowest BCUT2D eigenvalue weighted by Gasteiger charge is -2.38. The molecular weight excluding hydrogens is 305 g/mol. The highest BCUT2D eigenvalue weighted by atomic mass is 19.4. The number of halogens is 3. The molecular formula is C17H29F3N2O. The van der Waals surface area contributed by atoms with Gasteiger partial charge in [0.2, 0.25) is 0 Å². The molecule has 1 aliphatic carbocycles. The fourth-order valence-corrected chi connectivity index (χ4v) is 4.35. The monoisotopic (exact) mass is 334 g/mol. The first-order chi connectivity index (χ1) is 11.0. The van der Waals surface area contributed by atoms with Crippen molar-refractivity contribution in [3.05, 3.63) is 0 Å². The van der Waals surface area contributed by atoms with Crippen molar-refractivity contribution in [1.29, 1.82) is 0 Å². The number of nitrogens with one attached hydrogen (secondary N) is 1. The van der Waals surface area contributed by atoms with Gasteiger partial charge in [-0.1, -0.05) is 6.42 Å². The smallest absolute Gasteiger partial charge is 0.381 e. The minimum Gasteiger partial charge on any atom is -0.381 e. The molecule has 2 saturated heterocycles. The van der Waals surface area contributed by atoms with E-state index in [9.17, 15) is 13.2 Å². The van der Waals surface area contributed by atoms with Crippen LogP contribution in [0.15, 0.2) is 0 Å². The lowest BCUT2D eigenvalue weighted by atomic mass is 9.84.